The standard InChI is InChI=1S/C8H16O2.2C2H6/c1-2-3-5-10-8-4-6-9-7-8;2*1-2/h8H,2-7H2,1H3;2*1-2H3. The Morgan fingerprint density at radius 2 is 1.86 bits per heavy atom. The van der Waals surface area contributed by atoms with Crippen LogP contribution in [-0.4, -0.2) is 25.9 Å². The molecule has 0 radical (unpaired) electrons. The van der Waals surface area contributed by atoms with Crippen LogP contribution in [0.15, 0.2) is 0 Å². The fourth-order valence-electron chi connectivity index (χ4n) is 1.04. The molecule has 14 heavy (non-hydrogen) atoms. The number of hydrogen-bond donors (Lipinski definition) is 0. The molecule has 1 unspecified atom stereocenters. The second-order valence-corrected chi connectivity index (χ2v) is 2.71. The molecule has 1 fully saturated rings. The minimum atomic E-state index is 0.395. The summed E-state index contributed by atoms with van der Waals surface area (Å²) in [6.07, 6.45) is 3.87. The molecule has 2 nitrogen and oxygen atoms in total. The van der Waals surface area contributed by atoms with Crippen molar-refractivity contribution in [3.8, 4) is 0 Å². The van der Waals surface area contributed by atoms with E-state index in [1.165, 1.54) is 12.8 Å². The average Bonchev–Trinajstić information content (AvgIpc) is 2.77. The van der Waals surface area contributed by atoms with E-state index in [0.29, 0.717) is 6.10 Å². The molecule has 88 valence electrons. The van der Waals surface area contributed by atoms with Gasteiger partial charge in [-0.25, -0.2) is 0 Å². The summed E-state index contributed by atoms with van der Waals surface area (Å²) in [6.45, 7) is 12.8. The smallest absolute Gasteiger partial charge is 0.0830 e. The lowest BCUT2D eigenvalue weighted by molar-refractivity contribution is 0.0412. The molecule has 0 bridgehead atoms. The zero-order valence-corrected chi connectivity index (χ0v) is 10.6. The zero-order chi connectivity index (χ0) is 11.2. The highest BCUT2D eigenvalue weighted by Crippen LogP contribution is 2.08. The minimum absolute atomic E-state index is 0.395. The van der Waals surface area contributed by atoms with E-state index in [0.717, 1.165) is 26.2 Å². The number of unbranched alkanes of at least 4 members (excludes halogenated alkanes) is 1. The molecule has 1 aliphatic rings. The molecule has 0 amide bonds. The molecule has 1 atom stereocenters. The number of hydrogen-bond acceptors (Lipinski definition) is 2. The molecule has 0 N–H and O–H groups in total. The Morgan fingerprint density at radius 3 is 2.29 bits per heavy atom. The van der Waals surface area contributed by atoms with Crippen LogP contribution in [0.4, 0.5) is 0 Å². The molecule has 1 aliphatic heterocycles. The van der Waals surface area contributed by atoms with Gasteiger partial charge in [0.15, 0.2) is 0 Å². The van der Waals surface area contributed by atoms with Crippen LogP contribution in [0.2, 0.25) is 0 Å². The Bertz CT molecular complexity index is 78.4. The van der Waals surface area contributed by atoms with E-state index >= 15 is 0 Å². The highest BCUT2D eigenvalue weighted by molar-refractivity contribution is 4.62. The van der Waals surface area contributed by atoms with Gasteiger partial charge in [0.05, 0.1) is 12.7 Å². The summed E-state index contributed by atoms with van der Waals surface area (Å²) >= 11 is 0. The van der Waals surface area contributed by atoms with E-state index in [9.17, 15) is 0 Å². The van der Waals surface area contributed by atoms with Crippen LogP contribution >= 0.6 is 0 Å². The molecule has 2 heteroatoms. The lowest BCUT2D eigenvalue weighted by atomic mass is 10.3. The molecule has 0 aromatic carbocycles. The summed E-state index contributed by atoms with van der Waals surface area (Å²) in [5.74, 6) is 0. The van der Waals surface area contributed by atoms with E-state index in [4.69, 9.17) is 9.47 Å². The van der Waals surface area contributed by atoms with E-state index in [1.807, 2.05) is 27.7 Å². The quantitative estimate of drug-likeness (QED) is 0.651. The Morgan fingerprint density at radius 1 is 1.21 bits per heavy atom. The first kappa shape index (κ1) is 16.4. The first-order valence-corrected chi connectivity index (χ1v) is 6.13. The maximum absolute atomic E-state index is 5.52. The molecule has 1 rings (SSSR count). The summed E-state index contributed by atoms with van der Waals surface area (Å²) in [4.78, 5) is 0. The lowest BCUT2D eigenvalue weighted by Gasteiger charge is -2.07. The van der Waals surface area contributed by atoms with Gasteiger partial charge in [-0.2, -0.15) is 0 Å². The molecular formula is C12H28O2. The van der Waals surface area contributed by atoms with E-state index in [1.54, 1.807) is 0 Å². The highest BCUT2D eigenvalue weighted by Gasteiger charge is 2.14. The number of rotatable bonds is 4. The van der Waals surface area contributed by atoms with E-state index < -0.39 is 0 Å². The fourth-order valence-corrected chi connectivity index (χ4v) is 1.04. The van der Waals surface area contributed by atoms with Crippen LogP contribution in [0.1, 0.15) is 53.9 Å². The topological polar surface area (TPSA) is 18.5 Å². The monoisotopic (exact) mass is 204 g/mol. The summed E-state index contributed by atoms with van der Waals surface area (Å²) in [5, 5.41) is 0. The summed E-state index contributed by atoms with van der Waals surface area (Å²) in [5.41, 5.74) is 0. The predicted octanol–water partition coefficient (Wildman–Crippen LogP) is 3.64. The SMILES string of the molecule is CC.CC.CCCCOC1CCOC1. The van der Waals surface area contributed by atoms with Crippen molar-refractivity contribution in [3.63, 3.8) is 0 Å². The predicted molar refractivity (Wildman–Crippen MR) is 62.8 cm³/mol. The third-order valence-electron chi connectivity index (χ3n) is 1.74. The molecule has 1 heterocycles. The summed E-state index contributed by atoms with van der Waals surface area (Å²) in [7, 11) is 0. The molecule has 0 aromatic heterocycles. The van der Waals surface area contributed by atoms with Crippen molar-refractivity contribution >= 4 is 0 Å². The van der Waals surface area contributed by atoms with Gasteiger partial charge < -0.3 is 9.47 Å². The van der Waals surface area contributed by atoms with Gasteiger partial charge in [-0.1, -0.05) is 41.0 Å². The van der Waals surface area contributed by atoms with Gasteiger partial charge >= 0.3 is 0 Å². The Kier molecular flexibility index (Phi) is 18.0. The van der Waals surface area contributed by atoms with Gasteiger partial charge in [-0.3, -0.25) is 0 Å². The van der Waals surface area contributed by atoms with Gasteiger partial charge in [0.25, 0.3) is 0 Å². The first-order valence-electron chi connectivity index (χ1n) is 6.13. The van der Waals surface area contributed by atoms with Crippen LogP contribution in [0.5, 0.6) is 0 Å². The van der Waals surface area contributed by atoms with Gasteiger partial charge in [-0.05, 0) is 12.8 Å². The van der Waals surface area contributed by atoms with Crippen LogP contribution in [0.3, 0.4) is 0 Å². The summed E-state index contributed by atoms with van der Waals surface area (Å²) < 4.78 is 10.7. The van der Waals surface area contributed by atoms with Crippen molar-refractivity contribution in [2.24, 2.45) is 0 Å². The highest BCUT2D eigenvalue weighted by atomic mass is 16.5. The zero-order valence-electron chi connectivity index (χ0n) is 10.6. The molecule has 1 saturated heterocycles. The van der Waals surface area contributed by atoms with Gasteiger partial charge in [0, 0.05) is 13.2 Å². The van der Waals surface area contributed by atoms with Crippen molar-refractivity contribution in [2.75, 3.05) is 19.8 Å². The average molecular weight is 204 g/mol. The van der Waals surface area contributed by atoms with E-state index in [2.05, 4.69) is 6.92 Å². The van der Waals surface area contributed by atoms with Crippen LogP contribution in [0, 0.1) is 0 Å². The van der Waals surface area contributed by atoms with Gasteiger partial charge in [-0.15, -0.1) is 0 Å². The van der Waals surface area contributed by atoms with Crippen molar-refractivity contribution in [1.29, 1.82) is 0 Å². The Labute approximate surface area is 90.0 Å². The molecule has 0 spiro atoms. The van der Waals surface area contributed by atoms with Gasteiger partial charge in [0.1, 0.15) is 0 Å². The third-order valence-corrected chi connectivity index (χ3v) is 1.74. The number of ether oxygens (including phenoxy) is 2. The van der Waals surface area contributed by atoms with Crippen LogP contribution in [-0.2, 0) is 9.47 Å². The Hall–Kier alpha value is -0.0800. The largest absolute Gasteiger partial charge is 0.379 e. The van der Waals surface area contributed by atoms with Crippen molar-refractivity contribution in [3.05, 3.63) is 0 Å². The van der Waals surface area contributed by atoms with Crippen molar-refractivity contribution in [1.82, 2.24) is 0 Å². The molecular weight excluding hydrogens is 176 g/mol. The fraction of sp³-hybridized carbons (Fsp3) is 1.00. The van der Waals surface area contributed by atoms with E-state index in [-0.39, 0.29) is 0 Å². The Balaban J connectivity index is 0. The minimum Gasteiger partial charge on any atom is -0.379 e. The summed E-state index contributed by atoms with van der Waals surface area (Å²) in [6, 6.07) is 0. The normalized spacial score (nSPS) is 19.1. The maximum Gasteiger partial charge on any atom is 0.0830 e. The van der Waals surface area contributed by atoms with Crippen LogP contribution < -0.4 is 0 Å². The molecule has 0 aliphatic carbocycles. The van der Waals surface area contributed by atoms with Gasteiger partial charge in [0.2, 0.25) is 0 Å². The van der Waals surface area contributed by atoms with Crippen LogP contribution in [0.25, 0.3) is 0 Å². The second kappa shape index (κ2) is 15.4. The van der Waals surface area contributed by atoms with Crippen molar-refractivity contribution in [2.45, 2.75) is 60.0 Å². The first-order chi connectivity index (χ1) is 6.93. The van der Waals surface area contributed by atoms with Crippen molar-refractivity contribution < 1.29 is 9.47 Å². The second-order valence-electron chi connectivity index (χ2n) is 2.71. The molecule has 0 aromatic rings. The maximum atomic E-state index is 5.52. The third kappa shape index (κ3) is 10.0. The molecule has 0 saturated carbocycles. The lowest BCUT2D eigenvalue weighted by Crippen LogP contribution is -2.12.